The maximum absolute atomic E-state index is 12.3. The summed E-state index contributed by atoms with van der Waals surface area (Å²) >= 11 is 1.43. The first-order valence-corrected chi connectivity index (χ1v) is 8.79. The predicted octanol–water partition coefficient (Wildman–Crippen LogP) is 1.14. The second kappa shape index (κ2) is 7.19. The van der Waals surface area contributed by atoms with E-state index in [2.05, 4.69) is 20.5 Å². The van der Waals surface area contributed by atoms with Gasteiger partial charge in [0.2, 0.25) is 5.91 Å². The molecule has 2 aliphatic rings. The molecule has 0 bridgehead atoms. The summed E-state index contributed by atoms with van der Waals surface area (Å²) in [4.78, 5) is 31.5. The maximum atomic E-state index is 12.3. The molecular formula is C15H22N4O2S. The third-order valence-corrected chi connectivity index (χ3v) is 5.16. The normalized spacial score (nSPS) is 23.1. The molecule has 0 aliphatic carbocycles. The second-order valence-corrected chi connectivity index (χ2v) is 7.03. The van der Waals surface area contributed by atoms with E-state index in [0.29, 0.717) is 17.8 Å². The van der Waals surface area contributed by atoms with Crippen molar-refractivity contribution in [3.05, 3.63) is 16.1 Å². The van der Waals surface area contributed by atoms with E-state index in [1.54, 1.807) is 6.20 Å². The number of carbonyl (C=O) groups excluding carboxylic acids is 2. The van der Waals surface area contributed by atoms with E-state index in [-0.39, 0.29) is 11.8 Å². The summed E-state index contributed by atoms with van der Waals surface area (Å²) in [7, 11) is 0. The summed E-state index contributed by atoms with van der Waals surface area (Å²) in [6.45, 7) is 3.75. The Labute approximate surface area is 134 Å². The molecule has 120 valence electrons. The number of nitrogens with zero attached hydrogens (tertiary/aromatic N) is 2. The molecule has 7 heteroatoms. The van der Waals surface area contributed by atoms with E-state index in [4.69, 9.17) is 0 Å². The Morgan fingerprint density at radius 1 is 1.36 bits per heavy atom. The van der Waals surface area contributed by atoms with Crippen molar-refractivity contribution in [3.63, 3.8) is 0 Å². The third-order valence-electron chi connectivity index (χ3n) is 4.18. The van der Waals surface area contributed by atoms with Gasteiger partial charge in [-0.15, -0.1) is 11.3 Å². The highest BCUT2D eigenvalue weighted by atomic mass is 32.1. The van der Waals surface area contributed by atoms with Gasteiger partial charge < -0.3 is 10.6 Å². The zero-order valence-corrected chi connectivity index (χ0v) is 13.5. The largest absolute Gasteiger partial charge is 0.354 e. The van der Waals surface area contributed by atoms with Gasteiger partial charge in [0.25, 0.3) is 5.91 Å². The van der Waals surface area contributed by atoms with Crippen LogP contribution in [0.4, 0.5) is 0 Å². The van der Waals surface area contributed by atoms with Crippen LogP contribution >= 0.6 is 11.3 Å². The molecule has 6 nitrogen and oxygen atoms in total. The number of amides is 2. The Kier molecular flexibility index (Phi) is 5.04. The van der Waals surface area contributed by atoms with Gasteiger partial charge in [-0.05, 0) is 45.2 Å². The summed E-state index contributed by atoms with van der Waals surface area (Å²) in [6, 6.07) is -0.417. The average molecular weight is 322 g/mol. The van der Waals surface area contributed by atoms with Crippen molar-refractivity contribution in [2.45, 2.75) is 44.7 Å². The quantitative estimate of drug-likeness (QED) is 0.872. The third kappa shape index (κ3) is 3.84. The minimum atomic E-state index is -0.417. The Bertz CT molecular complexity index is 539. The van der Waals surface area contributed by atoms with Crippen molar-refractivity contribution in [2.24, 2.45) is 0 Å². The average Bonchev–Trinajstić information content (AvgIpc) is 3.14. The molecule has 1 atom stereocenters. The fraction of sp³-hybridized carbons (Fsp3) is 0.667. The zero-order chi connectivity index (χ0) is 15.4. The first kappa shape index (κ1) is 15.4. The van der Waals surface area contributed by atoms with Crippen LogP contribution in [-0.4, -0.2) is 47.4 Å². The molecule has 2 aliphatic heterocycles. The minimum Gasteiger partial charge on any atom is -0.354 e. The van der Waals surface area contributed by atoms with E-state index in [9.17, 15) is 9.59 Å². The number of hydrogen-bond acceptors (Lipinski definition) is 5. The van der Waals surface area contributed by atoms with Crippen LogP contribution in [0.25, 0.3) is 0 Å². The Balaban J connectivity index is 1.57. The van der Waals surface area contributed by atoms with Crippen LogP contribution in [0.1, 0.15) is 46.8 Å². The smallest absolute Gasteiger partial charge is 0.263 e. The van der Waals surface area contributed by atoms with Gasteiger partial charge in [0.1, 0.15) is 15.9 Å². The molecule has 0 radical (unpaired) electrons. The maximum Gasteiger partial charge on any atom is 0.263 e. The molecule has 1 aromatic rings. The number of likely N-dealkylation sites (tertiary alicyclic amines) is 1. The van der Waals surface area contributed by atoms with Crippen molar-refractivity contribution < 1.29 is 9.59 Å². The van der Waals surface area contributed by atoms with Crippen LogP contribution in [0.2, 0.25) is 0 Å². The van der Waals surface area contributed by atoms with Gasteiger partial charge in [-0.25, -0.2) is 4.98 Å². The Morgan fingerprint density at radius 3 is 3.00 bits per heavy atom. The monoisotopic (exact) mass is 322 g/mol. The highest BCUT2D eigenvalue weighted by molar-refractivity contribution is 7.13. The fourth-order valence-corrected chi connectivity index (χ4v) is 3.79. The molecular weight excluding hydrogens is 300 g/mol. The zero-order valence-electron chi connectivity index (χ0n) is 12.6. The second-order valence-electron chi connectivity index (χ2n) is 5.91. The van der Waals surface area contributed by atoms with Crippen LogP contribution in [-0.2, 0) is 11.3 Å². The molecule has 0 spiro atoms. The lowest BCUT2D eigenvalue weighted by Crippen LogP contribution is -2.45. The SMILES string of the molecule is O=C(N[C@@H]1CCCCNC1=O)c1cnc(CN2CCCC2)s1. The van der Waals surface area contributed by atoms with E-state index < -0.39 is 6.04 Å². The summed E-state index contributed by atoms with van der Waals surface area (Å²) in [5.74, 6) is -0.264. The molecule has 1 aromatic heterocycles. The lowest BCUT2D eigenvalue weighted by atomic mass is 10.1. The lowest BCUT2D eigenvalue weighted by molar-refractivity contribution is -0.122. The molecule has 0 saturated carbocycles. The number of carbonyl (C=O) groups is 2. The molecule has 0 unspecified atom stereocenters. The number of hydrogen-bond donors (Lipinski definition) is 2. The van der Waals surface area contributed by atoms with Crippen molar-refractivity contribution in [3.8, 4) is 0 Å². The molecule has 0 aromatic carbocycles. The number of rotatable bonds is 4. The number of nitrogens with one attached hydrogen (secondary N) is 2. The van der Waals surface area contributed by atoms with Gasteiger partial charge >= 0.3 is 0 Å². The molecule has 2 N–H and O–H groups in total. The predicted molar refractivity (Wildman–Crippen MR) is 84.7 cm³/mol. The molecule has 2 amide bonds. The van der Waals surface area contributed by atoms with Gasteiger partial charge in [0.15, 0.2) is 0 Å². The van der Waals surface area contributed by atoms with E-state index in [1.165, 1.54) is 24.2 Å². The van der Waals surface area contributed by atoms with Crippen LogP contribution in [0.15, 0.2) is 6.20 Å². The number of thiazole rings is 1. The van der Waals surface area contributed by atoms with E-state index >= 15 is 0 Å². The Hall–Kier alpha value is -1.47. The van der Waals surface area contributed by atoms with Gasteiger partial charge in [0.05, 0.1) is 12.7 Å². The van der Waals surface area contributed by atoms with Gasteiger partial charge in [-0.1, -0.05) is 0 Å². The summed E-state index contributed by atoms with van der Waals surface area (Å²) in [5, 5.41) is 6.64. The van der Waals surface area contributed by atoms with Crippen molar-refractivity contribution in [1.29, 1.82) is 0 Å². The van der Waals surface area contributed by atoms with Crippen molar-refractivity contribution in [1.82, 2.24) is 20.5 Å². The van der Waals surface area contributed by atoms with Crippen molar-refractivity contribution in [2.75, 3.05) is 19.6 Å². The molecule has 3 heterocycles. The molecule has 3 rings (SSSR count). The van der Waals surface area contributed by atoms with E-state index in [1.807, 2.05) is 0 Å². The highest BCUT2D eigenvalue weighted by Crippen LogP contribution is 2.18. The first-order chi connectivity index (χ1) is 10.7. The lowest BCUT2D eigenvalue weighted by Gasteiger charge is -2.14. The van der Waals surface area contributed by atoms with E-state index in [0.717, 1.165) is 37.5 Å². The molecule has 2 fully saturated rings. The first-order valence-electron chi connectivity index (χ1n) is 7.98. The van der Waals surface area contributed by atoms with Crippen molar-refractivity contribution >= 4 is 23.2 Å². The molecule has 22 heavy (non-hydrogen) atoms. The Morgan fingerprint density at radius 2 is 2.18 bits per heavy atom. The van der Waals surface area contributed by atoms with Gasteiger partial charge in [-0.3, -0.25) is 14.5 Å². The minimum absolute atomic E-state index is 0.0762. The highest BCUT2D eigenvalue weighted by Gasteiger charge is 2.24. The van der Waals surface area contributed by atoms with Crippen LogP contribution in [0, 0.1) is 0 Å². The van der Waals surface area contributed by atoms with Gasteiger partial charge in [0, 0.05) is 6.54 Å². The summed E-state index contributed by atoms with van der Waals surface area (Å²) < 4.78 is 0. The fourth-order valence-electron chi connectivity index (χ4n) is 2.93. The number of aromatic nitrogens is 1. The summed E-state index contributed by atoms with van der Waals surface area (Å²) in [5.41, 5.74) is 0. The van der Waals surface area contributed by atoms with Crippen LogP contribution in [0.5, 0.6) is 0 Å². The van der Waals surface area contributed by atoms with Crippen LogP contribution in [0.3, 0.4) is 0 Å². The van der Waals surface area contributed by atoms with Crippen LogP contribution < -0.4 is 10.6 Å². The topological polar surface area (TPSA) is 74.3 Å². The van der Waals surface area contributed by atoms with Gasteiger partial charge in [-0.2, -0.15) is 0 Å². The standard InChI is InChI=1S/C15H22N4O2S/c20-14-11(5-1-2-6-16-14)18-15(21)12-9-17-13(22-12)10-19-7-3-4-8-19/h9,11H,1-8,10H2,(H,16,20)(H,18,21)/t11-/m1/s1. The summed E-state index contributed by atoms with van der Waals surface area (Å²) in [6.07, 6.45) is 6.74. The molecule has 2 saturated heterocycles.